The maximum absolute atomic E-state index is 12.4. The Kier molecular flexibility index (Phi) is 3.38. The first kappa shape index (κ1) is 14.9. The summed E-state index contributed by atoms with van der Waals surface area (Å²) in [4.78, 5) is 18.6. The molecule has 1 saturated heterocycles. The van der Waals surface area contributed by atoms with Gasteiger partial charge in [0, 0.05) is 24.2 Å². The highest BCUT2D eigenvalue weighted by atomic mass is 16.7. The minimum atomic E-state index is -0.113. The SMILES string of the molecule is O=C1CC(c2nc(-c3ccc4c(c3)OCO4)no2)CN1c1ccccc1. The van der Waals surface area contributed by atoms with E-state index in [1.807, 2.05) is 48.5 Å². The zero-order valence-corrected chi connectivity index (χ0v) is 13.8. The molecule has 0 spiro atoms. The third kappa shape index (κ3) is 2.48. The Labute approximate surface area is 149 Å². The van der Waals surface area contributed by atoms with Crippen molar-refractivity contribution in [1.29, 1.82) is 0 Å². The molecular formula is C19H15N3O4. The van der Waals surface area contributed by atoms with Gasteiger partial charge in [0.15, 0.2) is 11.5 Å². The van der Waals surface area contributed by atoms with Gasteiger partial charge in [-0.1, -0.05) is 23.4 Å². The molecule has 1 fully saturated rings. The number of hydrogen-bond acceptors (Lipinski definition) is 6. The Bertz CT molecular complexity index is 970. The molecule has 1 amide bonds. The predicted molar refractivity (Wildman–Crippen MR) is 92.0 cm³/mol. The van der Waals surface area contributed by atoms with E-state index in [4.69, 9.17) is 14.0 Å². The number of para-hydroxylation sites is 1. The third-order valence-electron chi connectivity index (χ3n) is 4.61. The highest BCUT2D eigenvalue weighted by Gasteiger charge is 2.35. The lowest BCUT2D eigenvalue weighted by Gasteiger charge is -2.15. The summed E-state index contributed by atoms with van der Waals surface area (Å²) in [6.07, 6.45) is 0.359. The van der Waals surface area contributed by atoms with Crippen LogP contribution in [0, 0.1) is 0 Å². The van der Waals surface area contributed by atoms with Crippen molar-refractivity contribution in [2.45, 2.75) is 12.3 Å². The Morgan fingerprint density at radius 1 is 1.04 bits per heavy atom. The van der Waals surface area contributed by atoms with Crippen molar-refractivity contribution in [2.24, 2.45) is 0 Å². The molecule has 0 aliphatic carbocycles. The highest BCUT2D eigenvalue weighted by Crippen LogP contribution is 2.36. The van der Waals surface area contributed by atoms with Crippen LogP contribution in [0.15, 0.2) is 53.1 Å². The van der Waals surface area contributed by atoms with E-state index in [0.29, 0.717) is 36.2 Å². The van der Waals surface area contributed by atoms with Crippen LogP contribution in [0.5, 0.6) is 11.5 Å². The number of amides is 1. The molecule has 2 aromatic carbocycles. The van der Waals surface area contributed by atoms with Crippen molar-refractivity contribution < 1.29 is 18.8 Å². The maximum Gasteiger partial charge on any atom is 0.232 e. The highest BCUT2D eigenvalue weighted by molar-refractivity contribution is 5.96. The number of nitrogens with zero attached hydrogens (tertiary/aromatic N) is 3. The van der Waals surface area contributed by atoms with E-state index in [9.17, 15) is 4.79 Å². The number of ether oxygens (including phenoxy) is 2. The molecule has 2 aliphatic rings. The van der Waals surface area contributed by atoms with Crippen LogP contribution in [-0.4, -0.2) is 29.4 Å². The van der Waals surface area contributed by atoms with Crippen LogP contribution in [0.1, 0.15) is 18.2 Å². The van der Waals surface area contributed by atoms with Gasteiger partial charge < -0.3 is 18.9 Å². The third-order valence-corrected chi connectivity index (χ3v) is 4.61. The molecule has 0 N–H and O–H groups in total. The summed E-state index contributed by atoms with van der Waals surface area (Å²) in [5.74, 6) is 2.27. The second-order valence-electron chi connectivity index (χ2n) is 6.27. The van der Waals surface area contributed by atoms with E-state index >= 15 is 0 Å². The number of fused-ring (bicyclic) bond motifs is 1. The zero-order valence-electron chi connectivity index (χ0n) is 13.8. The number of carbonyl (C=O) groups excluding carboxylic acids is 1. The zero-order chi connectivity index (χ0) is 17.5. The van der Waals surface area contributed by atoms with Crippen LogP contribution < -0.4 is 14.4 Å². The molecule has 26 heavy (non-hydrogen) atoms. The second kappa shape index (κ2) is 5.87. The molecule has 0 saturated carbocycles. The number of anilines is 1. The molecule has 1 unspecified atom stereocenters. The fourth-order valence-electron chi connectivity index (χ4n) is 3.28. The predicted octanol–water partition coefficient (Wildman–Crippen LogP) is 2.99. The molecule has 2 aliphatic heterocycles. The minimum Gasteiger partial charge on any atom is -0.454 e. The van der Waals surface area contributed by atoms with E-state index in [0.717, 1.165) is 11.3 Å². The number of carbonyl (C=O) groups is 1. The first-order valence-corrected chi connectivity index (χ1v) is 8.37. The van der Waals surface area contributed by atoms with Crippen molar-refractivity contribution in [1.82, 2.24) is 10.1 Å². The lowest BCUT2D eigenvalue weighted by atomic mass is 10.1. The summed E-state index contributed by atoms with van der Waals surface area (Å²) in [5.41, 5.74) is 1.67. The van der Waals surface area contributed by atoms with E-state index in [2.05, 4.69) is 10.1 Å². The maximum atomic E-state index is 12.4. The van der Waals surface area contributed by atoms with Crippen molar-refractivity contribution in [2.75, 3.05) is 18.2 Å². The lowest BCUT2D eigenvalue weighted by molar-refractivity contribution is -0.117. The van der Waals surface area contributed by atoms with Crippen LogP contribution in [0.25, 0.3) is 11.4 Å². The minimum absolute atomic E-state index is 0.0593. The summed E-state index contributed by atoms with van der Waals surface area (Å²) < 4.78 is 16.1. The van der Waals surface area contributed by atoms with Crippen LogP contribution in [0.3, 0.4) is 0 Å². The van der Waals surface area contributed by atoms with E-state index in [1.54, 1.807) is 4.90 Å². The molecule has 3 heterocycles. The summed E-state index contributed by atoms with van der Waals surface area (Å²) >= 11 is 0. The summed E-state index contributed by atoms with van der Waals surface area (Å²) in [5, 5.41) is 4.07. The average Bonchev–Trinajstić information content (AvgIpc) is 3.40. The first-order chi connectivity index (χ1) is 12.8. The summed E-state index contributed by atoms with van der Waals surface area (Å²) in [6.45, 7) is 0.751. The Hall–Kier alpha value is -3.35. The van der Waals surface area contributed by atoms with Crippen molar-refractivity contribution in [3.05, 3.63) is 54.4 Å². The fourth-order valence-corrected chi connectivity index (χ4v) is 3.28. The van der Waals surface area contributed by atoms with Gasteiger partial charge in [-0.15, -0.1) is 0 Å². The smallest absolute Gasteiger partial charge is 0.232 e. The average molecular weight is 349 g/mol. The monoisotopic (exact) mass is 349 g/mol. The molecule has 7 nitrogen and oxygen atoms in total. The van der Waals surface area contributed by atoms with E-state index in [1.165, 1.54) is 0 Å². The normalized spacial score (nSPS) is 18.5. The summed E-state index contributed by atoms with van der Waals surface area (Å²) in [7, 11) is 0. The van der Waals surface area contributed by atoms with Crippen molar-refractivity contribution in [3.8, 4) is 22.9 Å². The Morgan fingerprint density at radius 2 is 1.88 bits per heavy atom. The standard InChI is InChI=1S/C19H15N3O4/c23-17-9-13(10-22(17)14-4-2-1-3-5-14)19-20-18(21-26-19)12-6-7-15-16(8-12)25-11-24-15/h1-8,13H,9-11H2. The molecule has 1 aromatic heterocycles. The van der Waals surface area contributed by atoms with Crippen LogP contribution >= 0.6 is 0 Å². The summed E-state index contributed by atoms with van der Waals surface area (Å²) in [6, 6.07) is 15.1. The van der Waals surface area contributed by atoms with E-state index in [-0.39, 0.29) is 18.6 Å². The van der Waals surface area contributed by atoms with Gasteiger partial charge in [-0.3, -0.25) is 4.79 Å². The Balaban J connectivity index is 1.38. The molecule has 5 rings (SSSR count). The number of benzene rings is 2. The largest absolute Gasteiger partial charge is 0.454 e. The van der Waals surface area contributed by atoms with Crippen molar-refractivity contribution >= 4 is 11.6 Å². The molecule has 3 aromatic rings. The molecule has 1 atom stereocenters. The fraction of sp³-hybridized carbons (Fsp3) is 0.211. The van der Waals surface area contributed by atoms with Gasteiger partial charge in [0.05, 0.1) is 5.92 Å². The van der Waals surface area contributed by atoms with Crippen LogP contribution in [0.2, 0.25) is 0 Å². The van der Waals surface area contributed by atoms with Gasteiger partial charge in [0.25, 0.3) is 0 Å². The molecule has 0 bridgehead atoms. The number of hydrogen-bond donors (Lipinski definition) is 0. The van der Waals surface area contributed by atoms with E-state index < -0.39 is 0 Å². The topological polar surface area (TPSA) is 77.7 Å². The Morgan fingerprint density at radius 3 is 2.77 bits per heavy atom. The molecule has 130 valence electrons. The van der Waals surface area contributed by atoms with Gasteiger partial charge in [-0.05, 0) is 30.3 Å². The van der Waals surface area contributed by atoms with Gasteiger partial charge >= 0.3 is 0 Å². The van der Waals surface area contributed by atoms with Gasteiger partial charge in [0.2, 0.25) is 24.4 Å². The van der Waals surface area contributed by atoms with Gasteiger partial charge in [0.1, 0.15) is 0 Å². The van der Waals surface area contributed by atoms with Crippen molar-refractivity contribution in [3.63, 3.8) is 0 Å². The van der Waals surface area contributed by atoms with Gasteiger partial charge in [-0.2, -0.15) is 4.98 Å². The number of rotatable bonds is 3. The first-order valence-electron chi connectivity index (χ1n) is 8.37. The second-order valence-corrected chi connectivity index (χ2v) is 6.27. The molecular weight excluding hydrogens is 334 g/mol. The number of aromatic nitrogens is 2. The molecule has 7 heteroatoms. The quantitative estimate of drug-likeness (QED) is 0.723. The molecule has 0 radical (unpaired) electrons. The van der Waals surface area contributed by atoms with Crippen LogP contribution in [0.4, 0.5) is 5.69 Å². The van der Waals surface area contributed by atoms with Gasteiger partial charge in [-0.25, -0.2) is 0 Å². The van der Waals surface area contributed by atoms with Crippen LogP contribution in [-0.2, 0) is 4.79 Å². The lowest BCUT2D eigenvalue weighted by Crippen LogP contribution is -2.24.